The Bertz CT molecular complexity index is 799. The number of hydrogen-bond acceptors (Lipinski definition) is 4. The molecule has 0 fully saturated rings. The minimum atomic E-state index is -1.33. The molecule has 1 atom stereocenters. The lowest BCUT2D eigenvalue weighted by Gasteiger charge is -2.35. The lowest BCUT2D eigenvalue weighted by molar-refractivity contribution is -0.565. The zero-order valence-corrected chi connectivity index (χ0v) is 14.7. The van der Waals surface area contributed by atoms with Crippen LogP contribution in [0, 0.1) is 10.1 Å². The first-order valence-corrected chi connectivity index (χ1v) is 8.50. The predicted octanol–water partition coefficient (Wildman–Crippen LogP) is 4.63. The molecule has 2 aromatic rings. The first kappa shape index (κ1) is 17.2. The number of benzene rings is 2. The number of allylic oxidation sites excluding steroid dienone is 1. The number of rotatable bonds is 5. The molecule has 0 spiro atoms. The molecule has 0 bridgehead atoms. The molecule has 1 aliphatic heterocycles. The summed E-state index contributed by atoms with van der Waals surface area (Å²) in [5.74, 6) is 0.717. The SMILES string of the molecule is CCOc1ccc([C@]2(C)N([O-])C(CC)=C(c3ccccc3)[N+]2=O)cc1. The smallest absolute Gasteiger partial charge is 0.306 e. The van der Waals surface area contributed by atoms with Crippen molar-refractivity contribution in [2.75, 3.05) is 6.61 Å². The zero-order valence-electron chi connectivity index (χ0n) is 14.7. The van der Waals surface area contributed by atoms with E-state index in [0.717, 1.165) is 21.1 Å². The molecule has 2 aromatic carbocycles. The van der Waals surface area contributed by atoms with E-state index in [1.807, 2.05) is 44.2 Å². The van der Waals surface area contributed by atoms with Crippen molar-refractivity contribution in [1.82, 2.24) is 5.06 Å². The van der Waals surface area contributed by atoms with Crippen LogP contribution in [-0.2, 0) is 5.66 Å². The van der Waals surface area contributed by atoms with Crippen molar-refractivity contribution >= 4 is 5.70 Å². The molecule has 0 radical (unpaired) electrons. The molecule has 1 aliphatic rings. The number of nitroso groups, excluding NO2 is 1. The molecule has 0 N–H and O–H groups in total. The minimum absolute atomic E-state index is 0.439. The summed E-state index contributed by atoms with van der Waals surface area (Å²) in [5.41, 5.74) is 0.996. The van der Waals surface area contributed by atoms with Gasteiger partial charge in [-0.2, -0.15) is 0 Å². The maximum Gasteiger partial charge on any atom is 0.306 e. The predicted molar refractivity (Wildman–Crippen MR) is 97.4 cm³/mol. The third kappa shape index (κ3) is 2.70. The van der Waals surface area contributed by atoms with E-state index in [2.05, 4.69) is 0 Å². The molecule has 0 unspecified atom stereocenters. The van der Waals surface area contributed by atoms with E-state index in [0.29, 0.717) is 30.0 Å². The van der Waals surface area contributed by atoms with Crippen molar-refractivity contribution in [3.63, 3.8) is 0 Å². The summed E-state index contributed by atoms with van der Waals surface area (Å²) in [7, 11) is 0. The van der Waals surface area contributed by atoms with Crippen LogP contribution in [0.2, 0.25) is 0 Å². The average Bonchev–Trinajstić information content (AvgIpc) is 2.84. The molecule has 0 amide bonds. The fraction of sp³-hybridized carbons (Fsp3) is 0.300. The summed E-state index contributed by atoms with van der Waals surface area (Å²) in [6.07, 6.45) is 0.485. The lowest BCUT2D eigenvalue weighted by Crippen LogP contribution is -2.41. The van der Waals surface area contributed by atoms with Gasteiger partial charge in [-0.05, 0) is 49.7 Å². The second-order valence-corrected chi connectivity index (χ2v) is 6.08. The Balaban J connectivity index is 2.05. The molecule has 0 aromatic heterocycles. The van der Waals surface area contributed by atoms with E-state index in [1.165, 1.54) is 0 Å². The van der Waals surface area contributed by atoms with E-state index >= 15 is 0 Å². The van der Waals surface area contributed by atoms with Crippen LogP contribution in [0.1, 0.15) is 38.3 Å². The van der Waals surface area contributed by atoms with Gasteiger partial charge in [0.15, 0.2) is 0 Å². The van der Waals surface area contributed by atoms with Crippen LogP contribution < -0.4 is 4.74 Å². The van der Waals surface area contributed by atoms with Crippen molar-refractivity contribution in [2.45, 2.75) is 32.9 Å². The largest absolute Gasteiger partial charge is 0.753 e. The highest BCUT2D eigenvalue weighted by molar-refractivity contribution is 5.64. The highest BCUT2D eigenvalue weighted by atomic mass is 16.5. The van der Waals surface area contributed by atoms with E-state index in [9.17, 15) is 10.1 Å². The second-order valence-electron chi connectivity index (χ2n) is 6.08. The standard InChI is InChI=1S/C20H22N2O3/c1-4-18-19(15-9-7-6-8-10-15)22(24)20(3,21(18)23)16-11-13-17(14-12-16)25-5-2/h6-14H,4-5H2,1-3H3/t20-/m1/s1. The van der Waals surface area contributed by atoms with Gasteiger partial charge in [0.2, 0.25) is 0 Å². The highest BCUT2D eigenvalue weighted by Gasteiger charge is 2.54. The van der Waals surface area contributed by atoms with Crippen LogP contribution >= 0.6 is 0 Å². The lowest BCUT2D eigenvalue weighted by atomic mass is 10.0. The Morgan fingerprint density at radius 3 is 2.28 bits per heavy atom. The van der Waals surface area contributed by atoms with E-state index in [4.69, 9.17) is 4.74 Å². The monoisotopic (exact) mass is 338 g/mol. The van der Waals surface area contributed by atoms with Crippen molar-refractivity contribution in [3.05, 3.63) is 81.5 Å². The van der Waals surface area contributed by atoms with Crippen LogP contribution in [0.4, 0.5) is 0 Å². The number of nitrogens with zero attached hydrogens (tertiary/aromatic N) is 2. The molecule has 5 heteroatoms. The molecule has 130 valence electrons. The van der Waals surface area contributed by atoms with Crippen molar-refractivity contribution in [2.24, 2.45) is 0 Å². The van der Waals surface area contributed by atoms with Gasteiger partial charge in [-0.25, -0.2) is 0 Å². The third-order valence-corrected chi connectivity index (χ3v) is 4.61. The molecule has 25 heavy (non-hydrogen) atoms. The van der Waals surface area contributed by atoms with Crippen LogP contribution in [-0.4, -0.2) is 16.4 Å². The van der Waals surface area contributed by atoms with E-state index < -0.39 is 5.66 Å². The van der Waals surface area contributed by atoms with Crippen LogP contribution in [0.5, 0.6) is 5.75 Å². The average molecular weight is 338 g/mol. The van der Waals surface area contributed by atoms with E-state index in [1.54, 1.807) is 31.2 Å². The normalized spacial score (nSPS) is 20.3. The zero-order chi connectivity index (χ0) is 18.0. The van der Waals surface area contributed by atoms with Gasteiger partial charge in [0.05, 0.1) is 22.6 Å². The fourth-order valence-electron chi connectivity index (χ4n) is 3.24. The Labute approximate surface area is 147 Å². The number of hydroxylamine groups is 2. The summed E-state index contributed by atoms with van der Waals surface area (Å²) < 4.78 is 6.29. The summed E-state index contributed by atoms with van der Waals surface area (Å²) in [4.78, 5) is 13.2. The first-order valence-electron chi connectivity index (χ1n) is 8.50. The summed E-state index contributed by atoms with van der Waals surface area (Å²) >= 11 is 0. The van der Waals surface area contributed by atoms with Crippen LogP contribution in [0.3, 0.4) is 0 Å². The van der Waals surface area contributed by atoms with Crippen LogP contribution in [0.15, 0.2) is 60.3 Å². The van der Waals surface area contributed by atoms with Crippen molar-refractivity contribution < 1.29 is 9.50 Å². The first-order chi connectivity index (χ1) is 12.0. The molecule has 3 rings (SSSR count). The Morgan fingerprint density at radius 2 is 1.72 bits per heavy atom. The summed E-state index contributed by atoms with van der Waals surface area (Å²) in [6, 6.07) is 16.5. The molecule has 0 aliphatic carbocycles. The minimum Gasteiger partial charge on any atom is -0.753 e. The van der Waals surface area contributed by atoms with Gasteiger partial charge in [0, 0.05) is 17.4 Å². The van der Waals surface area contributed by atoms with Gasteiger partial charge < -0.3 is 15.0 Å². The summed E-state index contributed by atoms with van der Waals surface area (Å²) in [5, 5.41) is 13.9. The molecule has 0 saturated carbocycles. The number of hydrogen-bond donors (Lipinski definition) is 0. The Hall–Kier alpha value is -2.66. The van der Waals surface area contributed by atoms with Crippen molar-refractivity contribution in [1.29, 1.82) is 0 Å². The maximum atomic E-state index is 13.2. The Kier molecular flexibility index (Phi) is 4.59. The van der Waals surface area contributed by atoms with Gasteiger partial charge >= 0.3 is 5.66 Å². The topological polar surface area (TPSA) is 55.6 Å². The van der Waals surface area contributed by atoms with Gasteiger partial charge in [-0.15, -0.1) is 0 Å². The quantitative estimate of drug-likeness (QED) is 0.746. The molecular formula is C20H22N2O3. The van der Waals surface area contributed by atoms with Gasteiger partial charge in [-0.3, -0.25) is 0 Å². The molecular weight excluding hydrogens is 316 g/mol. The van der Waals surface area contributed by atoms with Crippen molar-refractivity contribution in [3.8, 4) is 5.75 Å². The second kappa shape index (κ2) is 6.69. The fourth-order valence-corrected chi connectivity index (χ4v) is 3.24. The molecule has 5 nitrogen and oxygen atoms in total. The van der Waals surface area contributed by atoms with Gasteiger partial charge in [0.25, 0.3) is 5.70 Å². The highest BCUT2D eigenvalue weighted by Crippen LogP contribution is 2.45. The maximum absolute atomic E-state index is 13.2. The molecule has 0 saturated heterocycles. The van der Waals surface area contributed by atoms with E-state index in [-0.39, 0.29) is 0 Å². The van der Waals surface area contributed by atoms with Crippen LogP contribution in [0.25, 0.3) is 5.70 Å². The van der Waals surface area contributed by atoms with Gasteiger partial charge in [0.1, 0.15) is 5.75 Å². The van der Waals surface area contributed by atoms with Gasteiger partial charge in [-0.1, -0.05) is 25.1 Å². The Morgan fingerprint density at radius 1 is 1.08 bits per heavy atom. The summed E-state index contributed by atoms with van der Waals surface area (Å²) in [6.45, 7) is 6.03. The molecule has 1 heterocycles. The number of ether oxygens (including phenoxy) is 1. The third-order valence-electron chi connectivity index (χ3n) is 4.61.